The number of ether oxygens (including phenoxy) is 2. The number of hydrogen-bond donors (Lipinski definition) is 1. The van der Waals surface area contributed by atoms with Crippen LogP contribution in [0.25, 0.3) is 0 Å². The Morgan fingerprint density at radius 2 is 1.70 bits per heavy atom. The van der Waals surface area contributed by atoms with Crippen molar-refractivity contribution in [2.24, 2.45) is 5.41 Å². The Morgan fingerprint density at radius 3 is 2.30 bits per heavy atom. The predicted molar refractivity (Wildman–Crippen MR) is 179 cm³/mol. The molecule has 2 aliphatic carbocycles. The molecule has 252 valence electrons. The molecule has 11 nitrogen and oxygen atoms in total. The van der Waals surface area contributed by atoms with Crippen molar-refractivity contribution in [1.29, 1.82) is 5.26 Å². The first-order valence-electron chi connectivity index (χ1n) is 17.0. The molecule has 12 heteroatoms. The van der Waals surface area contributed by atoms with Gasteiger partial charge in [0.15, 0.2) is 0 Å². The lowest BCUT2D eigenvalue weighted by Crippen LogP contribution is -2.59. The molecule has 2 amide bonds. The lowest BCUT2D eigenvalue weighted by atomic mass is 9.60. The quantitative estimate of drug-likeness (QED) is 0.431. The molecule has 0 atom stereocenters. The number of hydrogen-bond acceptors (Lipinski definition) is 9. The molecule has 0 radical (unpaired) electrons. The molecule has 0 bridgehead atoms. The highest BCUT2D eigenvalue weighted by molar-refractivity contribution is 6.31. The summed E-state index contributed by atoms with van der Waals surface area (Å²) in [5, 5.41) is 12.6. The normalized spacial score (nSPS) is 23.5. The Hall–Kier alpha value is -3.62. The SMILES string of the molecule is CC(C)(C)OC(=O)N1CCC2(CC1)CC(N1CCN(c3cnc(C(=O)N[C@H]4CC[C@H](Oc5ccc(C#N)c(Cl)c5)CC4)cn3)CC1)C2. The number of piperidine rings is 1. The summed E-state index contributed by atoms with van der Waals surface area (Å²) < 4.78 is 11.6. The van der Waals surface area contributed by atoms with Crippen molar-refractivity contribution in [3.8, 4) is 11.8 Å². The third kappa shape index (κ3) is 8.10. The number of amides is 2. The summed E-state index contributed by atoms with van der Waals surface area (Å²) in [7, 11) is 0. The lowest BCUT2D eigenvalue weighted by molar-refractivity contribution is -0.0489. The van der Waals surface area contributed by atoms with Crippen LogP contribution in [0.1, 0.15) is 88.2 Å². The van der Waals surface area contributed by atoms with Crippen molar-refractivity contribution in [1.82, 2.24) is 25.1 Å². The predicted octanol–water partition coefficient (Wildman–Crippen LogP) is 5.42. The Morgan fingerprint density at radius 1 is 1.00 bits per heavy atom. The van der Waals surface area contributed by atoms with Crippen LogP contribution in [0.2, 0.25) is 5.02 Å². The summed E-state index contributed by atoms with van der Waals surface area (Å²) in [6, 6.07) is 7.84. The first-order chi connectivity index (χ1) is 22.5. The van der Waals surface area contributed by atoms with E-state index in [2.05, 4.69) is 31.2 Å². The zero-order valence-corrected chi connectivity index (χ0v) is 28.5. The van der Waals surface area contributed by atoms with E-state index < -0.39 is 5.60 Å². The minimum atomic E-state index is -0.457. The van der Waals surface area contributed by atoms with Crippen LogP contribution in [0.3, 0.4) is 0 Å². The van der Waals surface area contributed by atoms with E-state index in [-0.39, 0.29) is 24.1 Å². The minimum absolute atomic E-state index is 0.0427. The number of nitrogens with zero attached hydrogens (tertiary/aromatic N) is 6. The molecule has 2 saturated heterocycles. The van der Waals surface area contributed by atoms with Gasteiger partial charge >= 0.3 is 6.09 Å². The van der Waals surface area contributed by atoms with E-state index in [1.54, 1.807) is 30.6 Å². The second-order valence-corrected chi connectivity index (χ2v) is 15.0. The number of carbonyl (C=O) groups excluding carboxylic acids is 2. The third-order valence-corrected chi connectivity index (χ3v) is 10.5. The number of benzene rings is 1. The van der Waals surface area contributed by atoms with E-state index in [1.807, 2.05) is 25.7 Å². The number of aromatic nitrogens is 2. The molecule has 2 aromatic rings. The van der Waals surface area contributed by atoms with E-state index in [0.29, 0.717) is 33.5 Å². The molecule has 1 spiro atoms. The second-order valence-electron chi connectivity index (χ2n) is 14.6. The highest BCUT2D eigenvalue weighted by Crippen LogP contribution is 2.51. The number of anilines is 1. The highest BCUT2D eigenvalue weighted by Gasteiger charge is 2.48. The molecule has 1 N–H and O–H groups in total. The average Bonchev–Trinajstić information content (AvgIpc) is 3.04. The molecule has 4 aliphatic rings. The van der Waals surface area contributed by atoms with Crippen LogP contribution in [0.15, 0.2) is 30.6 Å². The largest absolute Gasteiger partial charge is 0.490 e. The third-order valence-electron chi connectivity index (χ3n) is 10.2. The van der Waals surface area contributed by atoms with Crippen LogP contribution >= 0.6 is 11.6 Å². The van der Waals surface area contributed by atoms with Crippen LogP contribution in [-0.2, 0) is 4.74 Å². The number of rotatable bonds is 6. The fourth-order valence-corrected chi connectivity index (χ4v) is 7.66. The molecular formula is C35H46ClN7O4. The van der Waals surface area contributed by atoms with Crippen LogP contribution < -0.4 is 15.0 Å². The smallest absolute Gasteiger partial charge is 0.410 e. The van der Waals surface area contributed by atoms with E-state index >= 15 is 0 Å². The van der Waals surface area contributed by atoms with Gasteiger partial charge in [0.1, 0.15) is 28.9 Å². The van der Waals surface area contributed by atoms with Gasteiger partial charge in [-0.25, -0.2) is 14.8 Å². The summed E-state index contributed by atoms with van der Waals surface area (Å²) in [5.74, 6) is 1.26. The van der Waals surface area contributed by atoms with Gasteiger partial charge < -0.3 is 24.6 Å². The Balaban J connectivity index is 0.893. The van der Waals surface area contributed by atoms with Crippen molar-refractivity contribution in [3.05, 3.63) is 46.9 Å². The maximum atomic E-state index is 12.9. The van der Waals surface area contributed by atoms with Crippen LogP contribution in [-0.4, -0.2) is 94.8 Å². The number of nitrogens with one attached hydrogen (secondary N) is 1. The van der Waals surface area contributed by atoms with Gasteiger partial charge in [-0.3, -0.25) is 9.69 Å². The maximum Gasteiger partial charge on any atom is 0.410 e. The van der Waals surface area contributed by atoms with Crippen molar-refractivity contribution >= 4 is 29.4 Å². The monoisotopic (exact) mass is 663 g/mol. The number of piperazine rings is 1. The lowest BCUT2D eigenvalue weighted by Gasteiger charge is -2.56. The summed E-state index contributed by atoms with van der Waals surface area (Å²) in [6.45, 7) is 11.1. The van der Waals surface area contributed by atoms with Gasteiger partial charge in [0.05, 0.1) is 29.1 Å². The topological polar surface area (TPSA) is 124 Å². The molecule has 3 heterocycles. The number of halogens is 1. The first kappa shape index (κ1) is 33.3. The summed E-state index contributed by atoms with van der Waals surface area (Å²) in [5.41, 5.74) is 0.672. The van der Waals surface area contributed by atoms with Gasteiger partial charge in [0.2, 0.25) is 0 Å². The maximum absolute atomic E-state index is 12.9. The van der Waals surface area contributed by atoms with E-state index in [9.17, 15) is 9.59 Å². The molecule has 2 aliphatic heterocycles. The van der Waals surface area contributed by atoms with Gasteiger partial charge in [-0.2, -0.15) is 5.26 Å². The number of carbonyl (C=O) groups is 2. The fourth-order valence-electron chi connectivity index (χ4n) is 7.45. The van der Waals surface area contributed by atoms with E-state index in [1.165, 1.54) is 12.8 Å². The number of likely N-dealkylation sites (tertiary alicyclic amines) is 1. The highest BCUT2D eigenvalue weighted by atomic mass is 35.5. The summed E-state index contributed by atoms with van der Waals surface area (Å²) >= 11 is 6.13. The molecule has 2 saturated carbocycles. The fraction of sp³-hybridized carbons (Fsp3) is 0.629. The van der Waals surface area contributed by atoms with Gasteiger partial charge in [-0.15, -0.1) is 0 Å². The Kier molecular flexibility index (Phi) is 9.81. The van der Waals surface area contributed by atoms with Crippen molar-refractivity contribution in [2.75, 3.05) is 44.2 Å². The molecule has 1 aromatic carbocycles. The van der Waals surface area contributed by atoms with Gasteiger partial charge in [0, 0.05) is 57.4 Å². The molecule has 1 aromatic heterocycles. The van der Waals surface area contributed by atoms with E-state index in [0.717, 1.165) is 83.6 Å². The molecule has 0 unspecified atom stereocenters. The standard InChI is InChI=1S/C35H46ClN7O4/c1-34(2,3)47-33(45)43-12-10-35(11-13-43)19-26(20-35)41-14-16-42(17-15-41)31-23-38-30(22-39-31)32(44)40-25-5-8-27(9-6-25)46-28-7-4-24(21-37)29(36)18-28/h4,7,18,22-23,25-27H,5-6,8-17,19-20H2,1-3H3,(H,40,44)/t25-,27-. The van der Waals surface area contributed by atoms with Gasteiger partial charge in [-0.05, 0) is 89.7 Å². The number of nitriles is 1. The average molecular weight is 664 g/mol. The van der Waals surface area contributed by atoms with E-state index in [4.69, 9.17) is 26.3 Å². The first-order valence-corrected chi connectivity index (χ1v) is 17.3. The van der Waals surface area contributed by atoms with Gasteiger partial charge in [-0.1, -0.05) is 11.6 Å². The van der Waals surface area contributed by atoms with Crippen molar-refractivity contribution in [2.45, 2.75) is 95.9 Å². The van der Waals surface area contributed by atoms with Gasteiger partial charge in [0.25, 0.3) is 5.91 Å². The molecular weight excluding hydrogens is 618 g/mol. The second kappa shape index (κ2) is 13.9. The summed E-state index contributed by atoms with van der Waals surface area (Å²) in [6.07, 6.45) is 10.9. The van der Waals surface area contributed by atoms with Crippen LogP contribution in [0.5, 0.6) is 5.75 Å². The molecule has 6 rings (SSSR count). The zero-order chi connectivity index (χ0) is 33.2. The molecule has 47 heavy (non-hydrogen) atoms. The zero-order valence-electron chi connectivity index (χ0n) is 27.7. The summed E-state index contributed by atoms with van der Waals surface area (Å²) in [4.78, 5) is 41.2. The van der Waals surface area contributed by atoms with Crippen molar-refractivity contribution < 1.29 is 19.1 Å². The minimum Gasteiger partial charge on any atom is -0.490 e. The van der Waals surface area contributed by atoms with Crippen LogP contribution in [0.4, 0.5) is 10.6 Å². The van der Waals surface area contributed by atoms with Crippen molar-refractivity contribution in [3.63, 3.8) is 0 Å². The Labute approximate surface area is 282 Å². The molecule has 4 fully saturated rings. The Bertz CT molecular complexity index is 1460. The van der Waals surface area contributed by atoms with Crippen LogP contribution in [0, 0.1) is 16.7 Å².